The van der Waals surface area contributed by atoms with Crippen molar-refractivity contribution in [1.82, 2.24) is 4.72 Å². The summed E-state index contributed by atoms with van der Waals surface area (Å²) in [5, 5.41) is 0. The summed E-state index contributed by atoms with van der Waals surface area (Å²) in [5.74, 6) is 0.316. The molecule has 5 rings (SSSR count). The minimum atomic E-state index is -3.95. The highest BCUT2D eigenvalue weighted by atomic mass is 79.9. The van der Waals surface area contributed by atoms with Gasteiger partial charge < -0.3 is 9.47 Å². The van der Waals surface area contributed by atoms with Crippen LogP contribution in [0, 0.1) is 5.92 Å². The van der Waals surface area contributed by atoms with Crippen LogP contribution in [0.1, 0.15) is 44.8 Å². The molecule has 1 saturated heterocycles. The van der Waals surface area contributed by atoms with E-state index in [2.05, 4.69) is 52.7 Å². The number of amides is 1. The number of carbonyl (C=O) groups is 1. The van der Waals surface area contributed by atoms with Gasteiger partial charge in [0.25, 0.3) is 10.0 Å². The zero-order chi connectivity index (χ0) is 25.5. The fourth-order valence-electron chi connectivity index (χ4n) is 5.14. The molecule has 3 atom stereocenters. The third kappa shape index (κ3) is 5.08. The van der Waals surface area contributed by atoms with E-state index in [1.165, 1.54) is 12.1 Å². The first kappa shape index (κ1) is 25.0. The van der Waals surface area contributed by atoms with E-state index < -0.39 is 27.6 Å². The Kier molecular flexibility index (Phi) is 6.70. The number of sulfonamides is 1. The molecule has 0 bridgehead atoms. The second-order valence-corrected chi connectivity index (χ2v) is 12.5. The van der Waals surface area contributed by atoms with Gasteiger partial charge in [0.1, 0.15) is 11.4 Å². The van der Waals surface area contributed by atoms with E-state index in [1.54, 1.807) is 12.1 Å². The molecule has 0 spiro atoms. The second-order valence-electron chi connectivity index (χ2n) is 9.87. The van der Waals surface area contributed by atoms with E-state index in [9.17, 15) is 13.2 Å². The molecule has 2 aliphatic heterocycles. The van der Waals surface area contributed by atoms with Gasteiger partial charge in [-0.1, -0.05) is 52.3 Å². The lowest BCUT2D eigenvalue weighted by atomic mass is 9.74. The van der Waals surface area contributed by atoms with Crippen LogP contribution in [-0.2, 0) is 19.6 Å². The predicted molar refractivity (Wildman–Crippen MR) is 141 cm³/mol. The molecule has 0 radical (unpaired) electrons. The lowest BCUT2D eigenvalue weighted by Gasteiger charge is -2.48. The first-order valence-electron chi connectivity index (χ1n) is 12.0. The van der Waals surface area contributed by atoms with Crippen molar-refractivity contribution in [3.63, 3.8) is 0 Å². The van der Waals surface area contributed by atoms with Crippen LogP contribution in [0.25, 0.3) is 11.1 Å². The summed E-state index contributed by atoms with van der Waals surface area (Å²) in [4.78, 5) is 12.8. The van der Waals surface area contributed by atoms with Crippen LogP contribution in [0.3, 0.4) is 0 Å². The van der Waals surface area contributed by atoms with Crippen LogP contribution < -0.4 is 9.46 Å². The molecule has 8 heteroatoms. The Balaban J connectivity index is 1.35. The molecule has 3 aromatic carbocycles. The number of carbonyl (C=O) groups excluding carboxylic acids is 1. The van der Waals surface area contributed by atoms with Crippen molar-refractivity contribution in [3.05, 3.63) is 82.8 Å². The molecule has 0 aliphatic carbocycles. The number of benzene rings is 3. The molecule has 1 fully saturated rings. The molecule has 36 heavy (non-hydrogen) atoms. The van der Waals surface area contributed by atoms with Gasteiger partial charge in [-0.15, -0.1) is 0 Å². The Hall–Kier alpha value is -2.68. The van der Waals surface area contributed by atoms with Gasteiger partial charge in [-0.3, -0.25) is 4.79 Å². The molecule has 1 N–H and O–H groups in total. The fourth-order valence-corrected chi connectivity index (χ4v) is 6.40. The number of hydrogen-bond acceptors (Lipinski definition) is 5. The molecule has 2 heterocycles. The van der Waals surface area contributed by atoms with E-state index in [0.717, 1.165) is 33.3 Å². The summed E-state index contributed by atoms with van der Waals surface area (Å²) in [6, 6.07) is 22.4. The molecule has 188 valence electrons. The largest absolute Gasteiger partial charge is 0.487 e. The van der Waals surface area contributed by atoms with Gasteiger partial charge in [0, 0.05) is 16.0 Å². The van der Waals surface area contributed by atoms with Crippen molar-refractivity contribution in [2.24, 2.45) is 5.92 Å². The molecule has 0 saturated carbocycles. The van der Waals surface area contributed by atoms with E-state index in [0.29, 0.717) is 6.42 Å². The van der Waals surface area contributed by atoms with Crippen LogP contribution in [-0.4, -0.2) is 26.0 Å². The van der Waals surface area contributed by atoms with Crippen LogP contribution in [0.4, 0.5) is 0 Å². The Labute approximate surface area is 220 Å². The molecular formula is C28H28BrNO5S. The SMILES string of the molecule is CC1(C)Oc2ccc(-c3ccccc3)cc2[C@@H]2O[C@H](CC(=O)NS(=O)(=O)c3ccc(Br)cc3)CC[C@H]21. The van der Waals surface area contributed by atoms with Crippen molar-refractivity contribution < 1.29 is 22.7 Å². The van der Waals surface area contributed by atoms with E-state index in [-0.39, 0.29) is 23.3 Å². The molecule has 0 aromatic heterocycles. The third-order valence-corrected chi connectivity index (χ3v) is 8.90. The van der Waals surface area contributed by atoms with Crippen LogP contribution in [0.5, 0.6) is 5.75 Å². The topological polar surface area (TPSA) is 81.7 Å². The number of ether oxygens (including phenoxy) is 2. The number of rotatable bonds is 5. The number of hydrogen-bond donors (Lipinski definition) is 1. The third-order valence-electron chi connectivity index (χ3n) is 6.98. The smallest absolute Gasteiger partial charge is 0.264 e. The molecule has 1 amide bonds. The Morgan fingerprint density at radius 3 is 2.44 bits per heavy atom. The van der Waals surface area contributed by atoms with E-state index in [1.807, 2.05) is 30.3 Å². The minimum absolute atomic E-state index is 0.0338. The lowest BCUT2D eigenvalue weighted by Crippen LogP contribution is -2.49. The van der Waals surface area contributed by atoms with E-state index >= 15 is 0 Å². The van der Waals surface area contributed by atoms with Gasteiger partial charge in [-0.05, 0) is 74.2 Å². The average molecular weight is 571 g/mol. The number of halogens is 1. The summed E-state index contributed by atoms with van der Waals surface area (Å²) >= 11 is 3.29. The predicted octanol–water partition coefficient (Wildman–Crippen LogP) is 6.02. The normalized spacial score (nSPS) is 22.6. The van der Waals surface area contributed by atoms with Crippen molar-refractivity contribution >= 4 is 31.9 Å². The fraction of sp³-hybridized carbons (Fsp3) is 0.321. The van der Waals surface area contributed by atoms with Crippen LogP contribution in [0.15, 0.2) is 82.2 Å². The summed E-state index contributed by atoms with van der Waals surface area (Å²) in [6.45, 7) is 4.14. The maximum atomic E-state index is 12.7. The van der Waals surface area contributed by atoms with Crippen molar-refractivity contribution in [2.45, 2.75) is 55.8 Å². The summed E-state index contributed by atoms with van der Waals surface area (Å²) in [7, 11) is -3.95. The summed E-state index contributed by atoms with van der Waals surface area (Å²) in [5.41, 5.74) is 2.71. The van der Waals surface area contributed by atoms with Crippen molar-refractivity contribution in [2.75, 3.05) is 0 Å². The monoisotopic (exact) mass is 569 g/mol. The van der Waals surface area contributed by atoms with Gasteiger partial charge >= 0.3 is 0 Å². The highest BCUT2D eigenvalue weighted by Crippen LogP contribution is 2.51. The maximum absolute atomic E-state index is 12.7. The van der Waals surface area contributed by atoms with Crippen LogP contribution in [0.2, 0.25) is 0 Å². The van der Waals surface area contributed by atoms with Gasteiger partial charge in [-0.25, -0.2) is 13.1 Å². The van der Waals surface area contributed by atoms with Gasteiger partial charge in [0.2, 0.25) is 5.91 Å². The summed E-state index contributed by atoms with van der Waals surface area (Å²) in [6.07, 6.45) is 0.779. The van der Waals surface area contributed by atoms with Crippen LogP contribution >= 0.6 is 15.9 Å². The number of fused-ring (bicyclic) bond motifs is 3. The maximum Gasteiger partial charge on any atom is 0.264 e. The summed E-state index contributed by atoms with van der Waals surface area (Å²) < 4.78 is 41.1. The van der Waals surface area contributed by atoms with Crippen molar-refractivity contribution in [1.29, 1.82) is 0 Å². The van der Waals surface area contributed by atoms with Gasteiger partial charge in [-0.2, -0.15) is 0 Å². The average Bonchev–Trinajstić information content (AvgIpc) is 2.84. The minimum Gasteiger partial charge on any atom is -0.487 e. The molecular weight excluding hydrogens is 542 g/mol. The lowest BCUT2D eigenvalue weighted by molar-refractivity contribution is -0.155. The highest BCUT2D eigenvalue weighted by molar-refractivity contribution is 9.10. The first-order valence-corrected chi connectivity index (χ1v) is 14.2. The van der Waals surface area contributed by atoms with E-state index in [4.69, 9.17) is 9.47 Å². The number of nitrogens with one attached hydrogen (secondary N) is 1. The van der Waals surface area contributed by atoms with Crippen molar-refractivity contribution in [3.8, 4) is 16.9 Å². The second kappa shape index (κ2) is 9.65. The molecule has 6 nitrogen and oxygen atoms in total. The molecule has 2 aliphatic rings. The first-order chi connectivity index (χ1) is 17.1. The Morgan fingerprint density at radius 1 is 1.00 bits per heavy atom. The molecule has 0 unspecified atom stereocenters. The van der Waals surface area contributed by atoms with Gasteiger partial charge in [0.15, 0.2) is 0 Å². The Morgan fingerprint density at radius 2 is 1.72 bits per heavy atom. The zero-order valence-corrected chi connectivity index (χ0v) is 22.5. The Bertz CT molecular complexity index is 1370. The molecule has 3 aromatic rings. The quantitative estimate of drug-likeness (QED) is 0.406. The van der Waals surface area contributed by atoms with Gasteiger partial charge in [0.05, 0.1) is 23.5 Å². The zero-order valence-electron chi connectivity index (χ0n) is 20.1. The highest BCUT2D eigenvalue weighted by Gasteiger charge is 2.47. The standard InChI is InChI=1S/C28H28BrNO5S/c1-28(2)24-14-11-21(17-26(31)30-36(32,33)22-12-9-20(29)10-13-22)34-27(24)23-16-19(8-15-25(23)35-28)18-6-4-3-5-7-18/h3-10,12-13,15-16,21,24,27H,11,14,17H2,1-2H3,(H,30,31)/t21-,24+,27-/m0/s1.